The van der Waals surface area contributed by atoms with Crippen molar-refractivity contribution in [2.45, 2.75) is 13.0 Å². The van der Waals surface area contributed by atoms with Gasteiger partial charge in [-0.05, 0) is 36.8 Å². The van der Waals surface area contributed by atoms with Gasteiger partial charge in [-0.1, -0.05) is 17.7 Å². The Bertz CT molecular complexity index is 910. The number of hydrogen-bond donors (Lipinski definition) is 1. The van der Waals surface area contributed by atoms with Gasteiger partial charge in [-0.3, -0.25) is 4.79 Å². The second kappa shape index (κ2) is 7.95. The fourth-order valence-electron chi connectivity index (χ4n) is 2.87. The maximum Gasteiger partial charge on any atom is 0.252 e. The molecule has 0 fully saturated rings. The van der Waals surface area contributed by atoms with Gasteiger partial charge in [0, 0.05) is 31.1 Å². The van der Waals surface area contributed by atoms with Crippen molar-refractivity contribution in [1.82, 2.24) is 14.9 Å². The highest BCUT2D eigenvalue weighted by Crippen LogP contribution is 2.29. The SMILES string of the molecule is COc1cc(OC)cc(C(NC(=O)c2ccc(C)cc2)c2nccn2C)c1. The summed E-state index contributed by atoms with van der Waals surface area (Å²) in [5.41, 5.74) is 2.51. The van der Waals surface area contributed by atoms with E-state index in [2.05, 4.69) is 10.3 Å². The number of aryl methyl sites for hydroxylation is 2. The van der Waals surface area contributed by atoms with Crippen molar-refractivity contribution in [2.75, 3.05) is 14.2 Å². The summed E-state index contributed by atoms with van der Waals surface area (Å²) in [5, 5.41) is 3.08. The van der Waals surface area contributed by atoms with Crippen LogP contribution in [-0.2, 0) is 7.05 Å². The van der Waals surface area contributed by atoms with Gasteiger partial charge in [0.2, 0.25) is 0 Å². The highest BCUT2D eigenvalue weighted by atomic mass is 16.5. The molecule has 0 aliphatic carbocycles. The Morgan fingerprint density at radius 3 is 2.22 bits per heavy atom. The number of carbonyl (C=O) groups is 1. The number of carbonyl (C=O) groups excluding carboxylic acids is 1. The van der Waals surface area contributed by atoms with E-state index < -0.39 is 6.04 Å². The van der Waals surface area contributed by atoms with Crippen LogP contribution in [0.1, 0.15) is 33.4 Å². The lowest BCUT2D eigenvalue weighted by Gasteiger charge is -2.20. The molecule has 0 spiro atoms. The first-order valence-corrected chi connectivity index (χ1v) is 8.59. The number of hydrogen-bond acceptors (Lipinski definition) is 4. The molecule has 6 nitrogen and oxygen atoms in total. The zero-order valence-electron chi connectivity index (χ0n) is 15.9. The van der Waals surface area contributed by atoms with Gasteiger partial charge in [0.05, 0.1) is 14.2 Å². The summed E-state index contributed by atoms with van der Waals surface area (Å²) in [4.78, 5) is 17.3. The molecule has 3 aromatic rings. The van der Waals surface area contributed by atoms with E-state index in [4.69, 9.17) is 9.47 Å². The lowest BCUT2D eigenvalue weighted by Crippen LogP contribution is -2.31. The standard InChI is InChI=1S/C21H23N3O3/c1-14-5-7-15(8-6-14)21(25)23-19(20-22-9-10-24(20)2)16-11-17(26-3)13-18(12-16)27-4/h5-13,19H,1-4H3,(H,23,25). The van der Waals surface area contributed by atoms with Crippen LogP contribution in [0.3, 0.4) is 0 Å². The van der Waals surface area contributed by atoms with E-state index in [1.807, 2.05) is 61.1 Å². The summed E-state index contributed by atoms with van der Waals surface area (Å²) in [6.07, 6.45) is 3.55. The number of nitrogens with zero attached hydrogens (tertiary/aromatic N) is 2. The quantitative estimate of drug-likeness (QED) is 0.728. The van der Waals surface area contributed by atoms with Crippen LogP contribution in [0.5, 0.6) is 11.5 Å². The van der Waals surface area contributed by atoms with Crippen molar-refractivity contribution in [1.29, 1.82) is 0 Å². The summed E-state index contributed by atoms with van der Waals surface area (Å²) in [6.45, 7) is 1.99. The van der Waals surface area contributed by atoms with Crippen LogP contribution in [0.2, 0.25) is 0 Å². The molecule has 0 aliphatic rings. The topological polar surface area (TPSA) is 65.4 Å². The summed E-state index contributed by atoms with van der Waals surface area (Å²) in [7, 11) is 5.09. The summed E-state index contributed by atoms with van der Waals surface area (Å²) < 4.78 is 12.6. The van der Waals surface area contributed by atoms with Crippen molar-refractivity contribution >= 4 is 5.91 Å². The largest absolute Gasteiger partial charge is 0.497 e. The molecule has 1 N–H and O–H groups in total. The molecule has 0 saturated carbocycles. The van der Waals surface area contributed by atoms with Crippen molar-refractivity contribution in [3.05, 3.63) is 77.4 Å². The predicted octanol–water partition coefficient (Wildman–Crippen LogP) is 3.27. The van der Waals surface area contributed by atoms with Gasteiger partial charge >= 0.3 is 0 Å². The Morgan fingerprint density at radius 1 is 1.07 bits per heavy atom. The van der Waals surface area contributed by atoms with Gasteiger partial charge < -0.3 is 19.4 Å². The first-order chi connectivity index (χ1) is 13.0. The molecule has 1 heterocycles. The summed E-state index contributed by atoms with van der Waals surface area (Å²) >= 11 is 0. The smallest absolute Gasteiger partial charge is 0.252 e. The maximum atomic E-state index is 12.8. The number of rotatable bonds is 6. The molecule has 140 valence electrons. The van der Waals surface area contributed by atoms with E-state index in [0.29, 0.717) is 22.9 Å². The van der Waals surface area contributed by atoms with Crippen LogP contribution in [0, 0.1) is 6.92 Å². The monoisotopic (exact) mass is 365 g/mol. The van der Waals surface area contributed by atoms with Crippen LogP contribution < -0.4 is 14.8 Å². The molecule has 3 rings (SSSR count). The highest BCUT2D eigenvalue weighted by molar-refractivity contribution is 5.94. The van der Waals surface area contributed by atoms with Crippen LogP contribution in [0.15, 0.2) is 54.9 Å². The number of nitrogens with one attached hydrogen (secondary N) is 1. The van der Waals surface area contributed by atoms with Gasteiger partial charge in [-0.15, -0.1) is 0 Å². The molecule has 0 aliphatic heterocycles. The van der Waals surface area contributed by atoms with E-state index in [1.54, 1.807) is 26.5 Å². The van der Waals surface area contributed by atoms with Crippen LogP contribution in [0.4, 0.5) is 0 Å². The van der Waals surface area contributed by atoms with Crippen molar-refractivity contribution in [2.24, 2.45) is 7.05 Å². The molecule has 1 unspecified atom stereocenters. The van der Waals surface area contributed by atoms with E-state index in [1.165, 1.54) is 0 Å². The minimum absolute atomic E-state index is 0.176. The van der Waals surface area contributed by atoms with E-state index in [9.17, 15) is 4.79 Å². The van der Waals surface area contributed by atoms with Gasteiger partial charge in [0.15, 0.2) is 0 Å². The number of amides is 1. The van der Waals surface area contributed by atoms with E-state index in [-0.39, 0.29) is 5.91 Å². The van der Waals surface area contributed by atoms with E-state index in [0.717, 1.165) is 11.1 Å². The number of ether oxygens (including phenoxy) is 2. The van der Waals surface area contributed by atoms with Gasteiger partial charge in [-0.2, -0.15) is 0 Å². The third-order valence-corrected chi connectivity index (χ3v) is 4.41. The number of benzene rings is 2. The van der Waals surface area contributed by atoms with Crippen LogP contribution in [-0.4, -0.2) is 29.7 Å². The average molecular weight is 365 g/mol. The molecule has 1 atom stereocenters. The minimum atomic E-state index is -0.456. The fraction of sp³-hybridized carbons (Fsp3) is 0.238. The molecular formula is C21H23N3O3. The maximum absolute atomic E-state index is 12.8. The second-order valence-electron chi connectivity index (χ2n) is 6.31. The Balaban J connectivity index is 2.01. The molecule has 6 heteroatoms. The molecular weight excluding hydrogens is 342 g/mol. The number of methoxy groups -OCH3 is 2. The van der Waals surface area contributed by atoms with Gasteiger partial charge in [0.25, 0.3) is 5.91 Å². The molecule has 1 aromatic heterocycles. The van der Waals surface area contributed by atoms with Crippen molar-refractivity contribution in [3.63, 3.8) is 0 Å². The predicted molar refractivity (Wildman–Crippen MR) is 103 cm³/mol. The fourth-order valence-corrected chi connectivity index (χ4v) is 2.87. The molecule has 0 saturated heterocycles. The van der Waals surface area contributed by atoms with Crippen molar-refractivity contribution < 1.29 is 14.3 Å². The lowest BCUT2D eigenvalue weighted by molar-refractivity contribution is 0.0941. The highest BCUT2D eigenvalue weighted by Gasteiger charge is 2.23. The average Bonchev–Trinajstić information content (AvgIpc) is 3.11. The third kappa shape index (κ3) is 4.11. The zero-order chi connectivity index (χ0) is 19.4. The van der Waals surface area contributed by atoms with Crippen LogP contribution in [0.25, 0.3) is 0 Å². The summed E-state index contributed by atoms with van der Waals surface area (Å²) in [5.74, 6) is 1.83. The van der Waals surface area contributed by atoms with Gasteiger partial charge in [-0.25, -0.2) is 4.98 Å². The first kappa shape index (κ1) is 18.5. The zero-order valence-corrected chi connectivity index (χ0v) is 15.9. The minimum Gasteiger partial charge on any atom is -0.497 e. The molecule has 27 heavy (non-hydrogen) atoms. The normalized spacial score (nSPS) is 11.7. The van der Waals surface area contributed by atoms with Crippen molar-refractivity contribution in [3.8, 4) is 11.5 Å². The number of imidazole rings is 1. The summed E-state index contributed by atoms with van der Waals surface area (Å²) in [6, 6.07) is 12.5. The Labute approximate surface area is 158 Å². The van der Waals surface area contributed by atoms with E-state index >= 15 is 0 Å². The number of aromatic nitrogens is 2. The second-order valence-corrected chi connectivity index (χ2v) is 6.31. The Morgan fingerprint density at radius 2 is 1.70 bits per heavy atom. The molecule has 1 amide bonds. The Hall–Kier alpha value is -3.28. The Kier molecular flexibility index (Phi) is 5.45. The lowest BCUT2D eigenvalue weighted by atomic mass is 10.0. The molecule has 0 bridgehead atoms. The molecule has 0 radical (unpaired) electrons. The first-order valence-electron chi connectivity index (χ1n) is 8.59. The van der Waals surface area contributed by atoms with Gasteiger partial charge in [0.1, 0.15) is 23.4 Å². The van der Waals surface area contributed by atoms with Crippen LogP contribution >= 0.6 is 0 Å². The third-order valence-electron chi connectivity index (χ3n) is 4.41. The molecule has 2 aromatic carbocycles.